The lowest BCUT2D eigenvalue weighted by atomic mass is 10.2. The van der Waals surface area contributed by atoms with Gasteiger partial charge in [0.2, 0.25) is 0 Å². The summed E-state index contributed by atoms with van der Waals surface area (Å²) in [6.45, 7) is 7.56. The predicted molar refractivity (Wildman–Crippen MR) is 55.2 cm³/mol. The van der Waals surface area contributed by atoms with E-state index >= 15 is 0 Å². The van der Waals surface area contributed by atoms with Crippen LogP contribution in [0.2, 0.25) is 0 Å². The largest absolute Gasteiger partial charge is 0.461 e. The fraction of sp³-hybridized carbons (Fsp3) is 0.455. The third-order valence-corrected chi connectivity index (χ3v) is 1.80. The molecule has 72 valence electrons. The molecule has 0 aromatic rings. The van der Waals surface area contributed by atoms with E-state index in [4.69, 9.17) is 4.74 Å². The van der Waals surface area contributed by atoms with Gasteiger partial charge in [0, 0.05) is 0 Å². The van der Waals surface area contributed by atoms with Crippen molar-refractivity contribution >= 4 is 0 Å². The molecule has 0 aromatic heterocycles. The lowest BCUT2D eigenvalue weighted by molar-refractivity contribution is 0.306. The van der Waals surface area contributed by atoms with E-state index in [0.29, 0.717) is 0 Å². The van der Waals surface area contributed by atoms with E-state index in [-0.39, 0.29) is 0 Å². The van der Waals surface area contributed by atoms with Gasteiger partial charge in [-0.15, -0.1) is 0 Å². The van der Waals surface area contributed by atoms with Crippen LogP contribution < -0.4 is 5.32 Å². The quantitative estimate of drug-likeness (QED) is 0.654. The zero-order valence-electron chi connectivity index (χ0n) is 8.18. The van der Waals surface area contributed by atoms with E-state index < -0.39 is 0 Å². The smallest absolute Gasteiger partial charge is 0.122 e. The first-order valence-corrected chi connectivity index (χ1v) is 4.76. The Hall–Kier alpha value is -1.02. The van der Waals surface area contributed by atoms with Gasteiger partial charge in [0.1, 0.15) is 11.5 Å². The second kappa shape index (κ2) is 5.60. The average Bonchev–Trinajstić information content (AvgIpc) is 2.16. The molecule has 2 nitrogen and oxygen atoms in total. The van der Waals surface area contributed by atoms with Crippen molar-refractivity contribution in [3.05, 3.63) is 36.3 Å². The minimum atomic E-state index is 0.724. The van der Waals surface area contributed by atoms with Gasteiger partial charge in [-0.2, -0.15) is 0 Å². The first kappa shape index (κ1) is 10.1. The first-order valence-electron chi connectivity index (χ1n) is 4.76. The van der Waals surface area contributed by atoms with Gasteiger partial charge < -0.3 is 10.1 Å². The van der Waals surface area contributed by atoms with Gasteiger partial charge in [-0.3, -0.25) is 0 Å². The molecule has 1 N–H and O–H groups in total. The second-order valence-electron chi connectivity index (χ2n) is 3.01. The van der Waals surface area contributed by atoms with Crippen molar-refractivity contribution in [2.75, 3.05) is 13.1 Å². The molecular formula is C11H17NO. The molecule has 0 saturated heterocycles. The number of allylic oxidation sites excluding steroid dienone is 3. The Morgan fingerprint density at radius 1 is 1.62 bits per heavy atom. The Morgan fingerprint density at radius 2 is 2.46 bits per heavy atom. The van der Waals surface area contributed by atoms with Crippen molar-refractivity contribution in [3.63, 3.8) is 0 Å². The SMILES string of the molecule is C=C(CNCC)OC1=CCCC=C1. The topological polar surface area (TPSA) is 21.3 Å². The molecule has 0 heterocycles. The standard InChI is InChI=1S/C11H17NO/c1-3-12-9-10(2)13-11-7-5-4-6-8-11/h5,7-8,12H,2-4,6,9H2,1H3. The van der Waals surface area contributed by atoms with Gasteiger partial charge in [-0.1, -0.05) is 19.6 Å². The predicted octanol–water partition coefficient (Wildman–Crippen LogP) is 2.36. The highest BCUT2D eigenvalue weighted by atomic mass is 16.5. The second-order valence-corrected chi connectivity index (χ2v) is 3.01. The number of nitrogens with one attached hydrogen (secondary N) is 1. The number of hydrogen-bond acceptors (Lipinski definition) is 2. The van der Waals surface area contributed by atoms with Crippen LogP contribution in [-0.2, 0) is 4.74 Å². The summed E-state index contributed by atoms with van der Waals surface area (Å²) in [7, 11) is 0. The molecule has 0 aromatic carbocycles. The summed E-state index contributed by atoms with van der Waals surface area (Å²) in [5.74, 6) is 1.70. The molecule has 1 aliphatic carbocycles. The number of likely N-dealkylation sites (N-methyl/N-ethyl adjacent to an activating group) is 1. The lowest BCUT2D eigenvalue weighted by Crippen LogP contribution is -2.16. The Labute approximate surface area is 80.0 Å². The zero-order valence-corrected chi connectivity index (χ0v) is 8.18. The van der Waals surface area contributed by atoms with Crippen LogP contribution >= 0.6 is 0 Å². The van der Waals surface area contributed by atoms with Gasteiger partial charge >= 0.3 is 0 Å². The average molecular weight is 179 g/mol. The maximum atomic E-state index is 5.51. The summed E-state index contributed by atoms with van der Waals surface area (Å²) >= 11 is 0. The Kier molecular flexibility index (Phi) is 4.33. The van der Waals surface area contributed by atoms with E-state index in [1.54, 1.807) is 0 Å². The molecule has 1 rings (SSSR count). The maximum absolute atomic E-state index is 5.51. The maximum Gasteiger partial charge on any atom is 0.122 e. The fourth-order valence-electron chi connectivity index (χ4n) is 1.13. The van der Waals surface area contributed by atoms with Crippen LogP contribution in [0.25, 0.3) is 0 Å². The van der Waals surface area contributed by atoms with E-state index in [1.165, 1.54) is 0 Å². The van der Waals surface area contributed by atoms with Gasteiger partial charge in [-0.05, 0) is 31.5 Å². The third kappa shape index (κ3) is 3.95. The molecule has 0 bridgehead atoms. The van der Waals surface area contributed by atoms with Crippen molar-refractivity contribution in [1.82, 2.24) is 5.32 Å². The van der Waals surface area contributed by atoms with E-state index in [2.05, 4.69) is 31.0 Å². The highest BCUT2D eigenvalue weighted by Crippen LogP contribution is 2.13. The first-order chi connectivity index (χ1) is 6.33. The van der Waals surface area contributed by atoms with Crippen molar-refractivity contribution in [2.45, 2.75) is 19.8 Å². The zero-order chi connectivity index (χ0) is 9.52. The van der Waals surface area contributed by atoms with Crippen molar-refractivity contribution in [3.8, 4) is 0 Å². The Balaban J connectivity index is 2.27. The molecule has 0 saturated carbocycles. The number of rotatable bonds is 5. The summed E-state index contributed by atoms with van der Waals surface area (Å²) in [6.07, 6.45) is 8.40. The molecular weight excluding hydrogens is 162 g/mol. The molecule has 0 spiro atoms. The van der Waals surface area contributed by atoms with Gasteiger partial charge in [-0.25, -0.2) is 0 Å². The van der Waals surface area contributed by atoms with Crippen LogP contribution in [0.4, 0.5) is 0 Å². The molecule has 0 fully saturated rings. The number of hydrogen-bond donors (Lipinski definition) is 1. The lowest BCUT2D eigenvalue weighted by Gasteiger charge is -2.11. The molecule has 13 heavy (non-hydrogen) atoms. The summed E-state index contributed by atoms with van der Waals surface area (Å²) in [6, 6.07) is 0. The molecule has 0 aliphatic heterocycles. The molecule has 0 atom stereocenters. The van der Waals surface area contributed by atoms with Crippen LogP contribution in [-0.4, -0.2) is 13.1 Å². The van der Waals surface area contributed by atoms with Crippen molar-refractivity contribution in [2.24, 2.45) is 0 Å². The van der Waals surface area contributed by atoms with Gasteiger partial charge in [0.15, 0.2) is 0 Å². The van der Waals surface area contributed by atoms with Crippen LogP contribution in [0.5, 0.6) is 0 Å². The minimum Gasteiger partial charge on any atom is -0.461 e. The van der Waals surface area contributed by atoms with Gasteiger partial charge in [0.05, 0.1) is 6.54 Å². The summed E-state index contributed by atoms with van der Waals surface area (Å²) in [5.41, 5.74) is 0. The Bertz CT molecular complexity index is 228. The normalized spacial score (nSPS) is 15.3. The highest BCUT2D eigenvalue weighted by molar-refractivity contribution is 5.18. The van der Waals surface area contributed by atoms with E-state index in [9.17, 15) is 0 Å². The molecule has 0 unspecified atom stereocenters. The van der Waals surface area contributed by atoms with Crippen LogP contribution in [0.3, 0.4) is 0 Å². The number of ether oxygens (including phenoxy) is 1. The minimum absolute atomic E-state index is 0.724. The van der Waals surface area contributed by atoms with E-state index in [1.807, 2.05) is 6.08 Å². The molecule has 0 amide bonds. The summed E-state index contributed by atoms with van der Waals surface area (Å²) < 4.78 is 5.51. The highest BCUT2D eigenvalue weighted by Gasteiger charge is 2.00. The van der Waals surface area contributed by atoms with E-state index in [0.717, 1.165) is 37.4 Å². The molecule has 1 aliphatic rings. The van der Waals surface area contributed by atoms with Crippen molar-refractivity contribution in [1.29, 1.82) is 0 Å². The fourth-order valence-corrected chi connectivity index (χ4v) is 1.13. The third-order valence-electron chi connectivity index (χ3n) is 1.80. The van der Waals surface area contributed by atoms with Crippen LogP contribution in [0.15, 0.2) is 36.3 Å². The van der Waals surface area contributed by atoms with Gasteiger partial charge in [0.25, 0.3) is 0 Å². The van der Waals surface area contributed by atoms with Crippen LogP contribution in [0.1, 0.15) is 19.8 Å². The molecule has 2 heteroatoms. The monoisotopic (exact) mass is 179 g/mol. The summed E-state index contributed by atoms with van der Waals surface area (Å²) in [5, 5.41) is 3.16. The molecule has 0 radical (unpaired) electrons. The Morgan fingerprint density at radius 3 is 3.08 bits per heavy atom. The van der Waals surface area contributed by atoms with Crippen molar-refractivity contribution < 1.29 is 4.74 Å². The van der Waals surface area contributed by atoms with Crippen LogP contribution in [0, 0.1) is 0 Å². The summed E-state index contributed by atoms with van der Waals surface area (Å²) in [4.78, 5) is 0.